The lowest BCUT2D eigenvalue weighted by Crippen LogP contribution is -2.31. The third-order valence-electron chi connectivity index (χ3n) is 2.98. The van der Waals surface area contributed by atoms with Gasteiger partial charge >= 0.3 is 0 Å². The summed E-state index contributed by atoms with van der Waals surface area (Å²) in [5, 5.41) is 4.10. The van der Waals surface area contributed by atoms with Crippen molar-refractivity contribution in [2.75, 3.05) is 23.7 Å². The van der Waals surface area contributed by atoms with Gasteiger partial charge in [-0.2, -0.15) is 20.1 Å². The van der Waals surface area contributed by atoms with Crippen molar-refractivity contribution in [3.8, 4) is 5.95 Å². The number of nitrogens with two attached hydrogens (primary N) is 1. The Balaban J connectivity index is 1.95. The Bertz CT molecular complexity index is 516. The van der Waals surface area contributed by atoms with Crippen molar-refractivity contribution in [1.82, 2.24) is 24.7 Å². The second-order valence-electron chi connectivity index (χ2n) is 4.29. The molecular weight excluding hydrogens is 230 g/mol. The number of aromatic nitrogens is 5. The van der Waals surface area contributed by atoms with E-state index in [1.165, 1.54) is 19.3 Å². The maximum atomic E-state index is 5.74. The van der Waals surface area contributed by atoms with Gasteiger partial charge in [0.2, 0.25) is 11.9 Å². The van der Waals surface area contributed by atoms with Crippen LogP contribution in [0.25, 0.3) is 5.95 Å². The van der Waals surface area contributed by atoms with E-state index in [0.29, 0.717) is 11.9 Å². The maximum absolute atomic E-state index is 5.74. The van der Waals surface area contributed by atoms with Gasteiger partial charge in [-0.1, -0.05) is 0 Å². The SMILES string of the molecule is Nc1nc(N2CCCCC2)nc(-n2cccn2)n1. The number of nitrogens with zero attached hydrogens (tertiary/aromatic N) is 6. The first kappa shape index (κ1) is 10.9. The lowest BCUT2D eigenvalue weighted by Gasteiger charge is -2.26. The molecule has 0 radical (unpaired) electrons. The van der Waals surface area contributed by atoms with Crippen molar-refractivity contribution in [2.45, 2.75) is 19.3 Å². The number of nitrogen functional groups attached to an aromatic ring is 1. The molecule has 0 atom stereocenters. The van der Waals surface area contributed by atoms with Crippen LogP contribution >= 0.6 is 0 Å². The number of anilines is 2. The molecule has 1 aliphatic heterocycles. The van der Waals surface area contributed by atoms with Crippen LogP contribution in [0.3, 0.4) is 0 Å². The third-order valence-corrected chi connectivity index (χ3v) is 2.98. The number of rotatable bonds is 2. The fourth-order valence-electron chi connectivity index (χ4n) is 2.09. The van der Waals surface area contributed by atoms with Gasteiger partial charge in [0, 0.05) is 25.5 Å². The van der Waals surface area contributed by atoms with Crippen LogP contribution in [0.1, 0.15) is 19.3 Å². The molecular formula is C11H15N7. The Kier molecular flexibility index (Phi) is 2.79. The molecule has 3 rings (SSSR count). The molecule has 0 bridgehead atoms. The monoisotopic (exact) mass is 245 g/mol. The van der Waals surface area contributed by atoms with Crippen molar-refractivity contribution >= 4 is 11.9 Å². The lowest BCUT2D eigenvalue weighted by molar-refractivity contribution is 0.566. The fourth-order valence-corrected chi connectivity index (χ4v) is 2.09. The van der Waals surface area contributed by atoms with Gasteiger partial charge < -0.3 is 10.6 Å². The summed E-state index contributed by atoms with van der Waals surface area (Å²) in [6.07, 6.45) is 7.07. The zero-order valence-electron chi connectivity index (χ0n) is 10.0. The van der Waals surface area contributed by atoms with E-state index in [1.54, 1.807) is 17.1 Å². The van der Waals surface area contributed by atoms with Crippen LogP contribution in [0.2, 0.25) is 0 Å². The normalized spacial score (nSPS) is 15.9. The minimum atomic E-state index is 0.232. The van der Waals surface area contributed by atoms with Crippen molar-refractivity contribution < 1.29 is 0 Å². The van der Waals surface area contributed by atoms with Crippen LogP contribution in [0.4, 0.5) is 11.9 Å². The van der Waals surface area contributed by atoms with E-state index in [4.69, 9.17) is 5.73 Å². The van der Waals surface area contributed by atoms with Gasteiger partial charge in [0.1, 0.15) is 0 Å². The highest BCUT2D eigenvalue weighted by Crippen LogP contribution is 2.16. The van der Waals surface area contributed by atoms with Crippen LogP contribution < -0.4 is 10.6 Å². The molecule has 1 fully saturated rings. The van der Waals surface area contributed by atoms with E-state index >= 15 is 0 Å². The summed E-state index contributed by atoms with van der Waals surface area (Å²) in [5.74, 6) is 1.34. The lowest BCUT2D eigenvalue weighted by atomic mass is 10.1. The van der Waals surface area contributed by atoms with E-state index in [1.807, 2.05) is 6.07 Å². The maximum Gasteiger partial charge on any atom is 0.257 e. The van der Waals surface area contributed by atoms with Crippen LogP contribution in [-0.4, -0.2) is 37.8 Å². The van der Waals surface area contributed by atoms with E-state index < -0.39 is 0 Å². The number of hydrogen-bond acceptors (Lipinski definition) is 6. The minimum absolute atomic E-state index is 0.232. The summed E-state index contributed by atoms with van der Waals surface area (Å²) < 4.78 is 1.59. The zero-order chi connectivity index (χ0) is 12.4. The smallest absolute Gasteiger partial charge is 0.257 e. The van der Waals surface area contributed by atoms with Crippen LogP contribution in [0.5, 0.6) is 0 Å². The summed E-state index contributed by atoms with van der Waals surface area (Å²) >= 11 is 0. The largest absolute Gasteiger partial charge is 0.368 e. The molecule has 0 aliphatic carbocycles. The fraction of sp³-hybridized carbons (Fsp3) is 0.455. The molecule has 7 nitrogen and oxygen atoms in total. The van der Waals surface area contributed by atoms with Crippen molar-refractivity contribution in [2.24, 2.45) is 0 Å². The molecule has 0 saturated carbocycles. The Labute approximate surface area is 105 Å². The number of piperidine rings is 1. The van der Waals surface area contributed by atoms with Gasteiger partial charge in [0.05, 0.1) is 0 Å². The summed E-state index contributed by atoms with van der Waals surface area (Å²) in [4.78, 5) is 14.9. The van der Waals surface area contributed by atoms with Gasteiger partial charge in [0.15, 0.2) is 0 Å². The zero-order valence-corrected chi connectivity index (χ0v) is 10.0. The average Bonchev–Trinajstić information content (AvgIpc) is 2.93. The number of hydrogen-bond donors (Lipinski definition) is 1. The molecule has 94 valence electrons. The standard InChI is InChI=1S/C11H15N7/c12-9-14-10(17-6-2-1-3-7-17)16-11(15-9)18-8-4-5-13-18/h4-5,8H,1-3,6-7H2,(H2,12,14,15,16). The first-order valence-corrected chi connectivity index (χ1v) is 6.09. The highest BCUT2D eigenvalue weighted by Gasteiger charge is 2.16. The summed E-state index contributed by atoms with van der Waals surface area (Å²) in [5.41, 5.74) is 5.74. The Morgan fingerprint density at radius 1 is 1.00 bits per heavy atom. The van der Waals surface area contributed by atoms with Crippen molar-refractivity contribution in [1.29, 1.82) is 0 Å². The predicted octanol–water partition coefficient (Wildman–Crippen LogP) is 0.630. The van der Waals surface area contributed by atoms with Gasteiger partial charge in [0.25, 0.3) is 5.95 Å². The molecule has 2 aromatic rings. The van der Waals surface area contributed by atoms with Crippen LogP contribution in [-0.2, 0) is 0 Å². The Morgan fingerprint density at radius 3 is 2.50 bits per heavy atom. The topological polar surface area (TPSA) is 85.8 Å². The van der Waals surface area contributed by atoms with Crippen molar-refractivity contribution in [3.63, 3.8) is 0 Å². The van der Waals surface area contributed by atoms with Gasteiger partial charge in [-0.3, -0.25) is 0 Å². The molecule has 2 aromatic heterocycles. The predicted molar refractivity (Wildman–Crippen MR) is 67.4 cm³/mol. The summed E-state index contributed by atoms with van der Waals surface area (Å²) in [7, 11) is 0. The molecule has 18 heavy (non-hydrogen) atoms. The molecule has 1 aliphatic rings. The Morgan fingerprint density at radius 2 is 1.78 bits per heavy atom. The molecule has 0 unspecified atom stereocenters. The quantitative estimate of drug-likeness (QED) is 0.835. The molecule has 2 N–H and O–H groups in total. The average molecular weight is 245 g/mol. The molecule has 0 aromatic carbocycles. The highest BCUT2D eigenvalue weighted by atomic mass is 15.4. The molecule has 3 heterocycles. The van der Waals surface area contributed by atoms with E-state index in [0.717, 1.165) is 13.1 Å². The minimum Gasteiger partial charge on any atom is -0.368 e. The van der Waals surface area contributed by atoms with Gasteiger partial charge in [-0.15, -0.1) is 0 Å². The van der Waals surface area contributed by atoms with E-state index in [9.17, 15) is 0 Å². The summed E-state index contributed by atoms with van der Waals surface area (Å²) in [6.45, 7) is 1.95. The van der Waals surface area contributed by atoms with Crippen molar-refractivity contribution in [3.05, 3.63) is 18.5 Å². The first-order chi connectivity index (χ1) is 8.83. The summed E-state index contributed by atoms with van der Waals surface area (Å²) in [6, 6.07) is 1.82. The van der Waals surface area contributed by atoms with E-state index in [-0.39, 0.29) is 5.95 Å². The molecule has 0 amide bonds. The van der Waals surface area contributed by atoms with Gasteiger partial charge in [-0.05, 0) is 25.3 Å². The molecule has 7 heteroatoms. The second-order valence-corrected chi connectivity index (χ2v) is 4.29. The van der Waals surface area contributed by atoms with Crippen LogP contribution in [0.15, 0.2) is 18.5 Å². The second kappa shape index (κ2) is 4.59. The van der Waals surface area contributed by atoms with E-state index in [2.05, 4.69) is 25.0 Å². The molecule has 1 saturated heterocycles. The molecule has 0 spiro atoms. The Hall–Kier alpha value is -2.18. The first-order valence-electron chi connectivity index (χ1n) is 6.09. The third kappa shape index (κ3) is 2.11. The van der Waals surface area contributed by atoms with Gasteiger partial charge in [-0.25, -0.2) is 4.68 Å². The van der Waals surface area contributed by atoms with Crippen LogP contribution in [0, 0.1) is 0 Å². The highest BCUT2D eigenvalue weighted by molar-refractivity contribution is 5.37.